The van der Waals surface area contributed by atoms with Gasteiger partial charge in [0.25, 0.3) is 11.5 Å². The lowest BCUT2D eigenvalue weighted by atomic mass is 9.85. The third kappa shape index (κ3) is 5.19. The SMILES string of the molecule is CC1=C(c2ccc3c(=O)n(Cc4ccccc4)cc(C(=O)N4CC[C@@H](N)C4)c3c2)CC(C(=O)NC2CC2)C=C1. The predicted molar refractivity (Wildman–Crippen MR) is 153 cm³/mol. The van der Waals surface area contributed by atoms with Crippen molar-refractivity contribution in [2.24, 2.45) is 11.7 Å². The average Bonchev–Trinajstić information content (AvgIpc) is 3.66. The van der Waals surface area contributed by atoms with Crippen molar-refractivity contribution in [2.45, 2.75) is 51.2 Å². The number of hydrogen-bond acceptors (Lipinski definition) is 4. The zero-order chi connectivity index (χ0) is 27.1. The normalized spacial score (nSPS) is 21.0. The fourth-order valence-electron chi connectivity index (χ4n) is 5.66. The molecule has 1 saturated heterocycles. The number of allylic oxidation sites excluding steroid dienone is 3. The Morgan fingerprint density at radius 3 is 2.56 bits per heavy atom. The number of carbonyl (C=O) groups excluding carboxylic acids is 2. The number of nitrogens with one attached hydrogen (secondary N) is 1. The molecule has 3 N–H and O–H groups in total. The molecule has 3 aromatic rings. The van der Waals surface area contributed by atoms with Crippen LogP contribution < -0.4 is 16.6 Å². The number of benzene rings is 2. The molecule has 200 valence electrons. The zero-order valence-corrected chi connectivity index (χ0v) is 22.2. The molecule has 2 heterocycles. The summed E-state index contributed by atoms with van der Waals surface area (Å²) in [4.78, 5) is 42.0. The van der Waals surface area contributed by atoms with E-state index in [4.69, 9.17) is 5.73 Å². The van der Waals surface area contributed by atoms with Crippen molar-refractivity contribution in [3.63, 3.8) is 0 Å². The van der Waals surface area contributed by atoms with E-state index < -0.39 is 0 Å². The van der Waals surface area contributed by atoms with Gasteiger partial charge in [0.1, 0.15) is 0 Å². The first-order chi connectivity index (χ1) is 18.9. The summed E-state index contributed by atoms with van der Waals surface area (Å²) in [6, 6.07) is 15.8. The van der Waals surface area contributed by atoms with Gasteiger partial charge in [0.2, 0.25) is 5.91 Å². The number of carbonyl (C=O) groups is 2. The molecule has 3 aliphatic rings. The van der Waals surface area contributed by atoms with Crippen LogP contribution in [0, 0.1) is 5.92 Å². The summed E-state index contributed by atoms with van der Waals surface area (Å²) in [7, 11) is 0. The quantitative estimate of drug-likeness (QED) is 0.514. The summed E-state index contributed by atoms with van der Waals surface area (Å²) in [6.45, 7) is 3.53. The molecule has 1 saturated carbocycles. The second-order valence-corrected chi connectivity index (χ2v) is 11.1. The zero-order valence-electron chi connectivity index (χ0n) is 22.2. The second kappa shape index (κ2) is 10.3. The second-order valence-electron chi connectivity index (χ2n) is 11.1. The molecule has 2 amide bonds. The minimum atomic E-state index is -0.230. The number of aromatic nitrogens is 1. The molecule has 39 heavy (non-hydrogen) atoms. The number of pyridine rings is 1. The van der Waals surface area contributed by atoms with E-state index in [2.05, 4.69) is 5.32 Å². The highest BCUT2D eigenvalue weighted by atomic mass is 16.2. The molecule has 2 aliphatic carbocycles. The third-order valence-electron chi connectivity index (χ3n) is 8.11. The van der Waals surface area contributed by atoms with E-state index in [0.717, 1.165) is 41.5 Å². The number of hydrogen-bond donors (Lipinski definition) is 2. The summed E-state index contributed by atoms with van der Waals surface area (Å²) in [6.07, 6.45) is 9.15. The molecular formula is C32H34N4O3. The number of nitrogens with two attached hydrogens (primary N) is 1. The van der Waals surface area contributed by atoms with Gasteiger partial charge in [-0.05, 0) is 67.0 Å². The Morgan fingerprint density at radius 2 is 1.85 bits per heavy atom. The maximum atomic E-state index is 13.8. The molecule has 1 aromatic heterocycles. The highest BCUT2D eigenvalue weighted by Gasteiger charge is 2.30. The minimum absolute atomic E-state index is 0.0356. The van der Waals surface area contributed by atoms with Gasteiger partial charge in [-0.15, -0.1) is 0 Å². The Labute approximate surface area is 228 Å². The van der Waals surface area contributed by atoms with Crippen molar-refractivity contribution in [2.75, 3.05) is 13.1 Å². The van der Waals surface area contributed by atoms with E-state index in [-0.39, 0.29) is 29.3 Å². The molecule has 1 unspecified atom stereocenters. The van der Waals surface area contributed by atoms with Gasteiger partial charge in [-0.2, -0.15) is 0 Å². The molecule has 0 bridgehead atoms. The van der Waals surface area contributed by atoms with Crippen LogP contribution in [0.25, 0.3) is 16.3 Å². The Hall–Kier alpha value is -3.97. The van der Waals surface area contributed by atoms with Gasteiger partial charge in [-0.1, -0.05) is 48.6 Å². The number of likely N-dealkylation sites (tertiary alicyclic amines) is 1. The van der Waals surface area contributed by atoms with E-state index in [9.17, 15) is 14.4 Å². The first kappa shape index (κ1) is 25.3. The smallest absolute Gasteiger partial charge is 0.258 e. The van der Waals surface area contributed by atoms with Crippen LogP contribution in [0.5, 0.6) is 0 Å². The number of nitrogens with zero attached hydrogens (tertiary/aromatic N) is 2. The summed E-state index contributed by atoms with van der Waals surface area (Å²) in [5, 5.41) is 4.27. The monoisotopic (exact) mass is 522 g/mol. The Bertz CT molecular complexity index is 1570. The molecule has 2 atom stereocenters. The van der Waals surface area contributed by atoms with Crippen LogP contribution in [0.4, 0.5) is 0 Å². The summed E-state index contributed by atoms with van der Waals surface area (Å²) in [5.74, 6) is -0.279. The molecule has 1 aliphatic heterocycles. The van der Waals surface area contributed by atoms with Gasteiger partial charge >= 0.3 is 0 Å². The van der Waals surface area contributed by atoms with E-state index in [1.165, 1.54) is 0 Å². The van der Waals surface area contributed by atoms with E-state index in [1.807, 2.05) is 67.6 Å². The standard InChI is InChI=1S/C32H34N4O3/c1-20-7-8-23(30(37)34-25-10-11-25)16-27(20)22-9-12-26-28(15-22)29(32(39)35-14-13-24(33)18-35)19-36(31(26)38)17-21-5-3-2-4-6-21/h2-9,12,15,19,23-25H,10-11,13-14,16-18,33H2,1H3,(H,34,37)/t23?,24-/m1/s1. The Kier molecular flexibility index (Phi) is 6.69. The molecule has 0 spiro atoms. The summed E-state index contributed by atoms with van der Waals surface area (Å²) >= 11 is 0. The van der Waals surface area contributed by atoms with Crippen molar-refractivity contribution in [3.8, 4) is 0 Å². The topological polar surface area (TPSA) is 97.4 Å². The van der Waals surface area contributed by atoms with Crippen LogP contribution >= 0.6 is 0 Å². The van der Waals surface area contributed by atoms with E-state index >= 15 is 0 Å². The van der Waals surface area contributed by atoms with Crippen molar-refractivity contribution < 1.29 is 9.59 Å². The molecular weight excluding hydrogens is 488 g/mol. The average molecular weight is 523 g/mol. The Morgan fingerprint density at radius 1 is 1.05 bits per heavy atom. The molecule has 2 fully saturated rings. The molecule has 2 aromatic carbocycles. The molecule has 0 radical (unpaired) electrons. The van der Waals surface area contributed by atoms with Crippen molar-refractivity contribution in [1.82, 2.24) is 14.8 Å². The van der Waals surface area contributed by atoms with Crippen LogP contribution in [0.3, 0.4) is 0 Å². The predicted octanol–water partition coefficient (Wildman–Crippen LogP) is 3.85. The fraction of sp³-hybridized carbons (Fsp3) is 0.344. The Balaban J connectivity index is 1.42. The van der Waals surface area contributed by atoms with Gasteiger partial charge in [-0.3, -0.25) is 14.4 Å². The minimum Gasteiger partial charge on any atom is -0.353 e. The van der Waals surface area contributed by atoms with Crippen LogP contribution in [0.2, 0.25) is 0 Å². The number of rotatable bonds is 6. The number of fused-ring (bicyclic) bond motifs is 1. The van der Waals surface area contributed by atoms with Crippen molar-refractivity contribution in [3.05, 3.63) is 99.5 Å². The van der Waals surface area contributed by atoms with Gasteiger partial charge in [0.15, 0.2) is 0 Å². The lowest BCUT2D eigenvalue weighted by Gasteiger charge is -2.22. The van der Waals surface area contributed by atoms with Gasteiger partial charge < -0.3 is 20.5 Å². The van der Waals surface area contributed by atoms with Crippen LogP contribution in [0.1, 0.15) is 54.1 Å². The van der Waals surface area contributed by atoms with Crippen molar-refractivity contribution in [1.29, 1.82) is 0 Å². The van der Waals surface area contributed by atoms with E-state index in [0.29, 0.717) is 48.4 Å². The summed E-state index contributed by atoms with van der Waals surface area (Å²) in [5.41, 5.74) is 10.6. The lowest BCUT2D eigenvalue weighted by Crippen LogP contribution is -2.33. The largest absolute Gasteiger partial charge is 0.353 e. The van der Waals surface area contributed by atoms with Gasteiger partial charge in [0.05, 0.1) is 18.0 Å². The van der Waals surface area contributed by atoms with Crippen molar-refractivity contribution >= 4 is 28.2 Å². The van der Waals surface area contributed by atoms with Crippen LogP contribution in [0.15, 0.2) is 77.2 Å². The third-order valence-corrected chi connectivity index (χ3v) is 8.11. The van der Waals surface area contributed by atoms with E-state index in [1.54, 1.807) is 15.7 Å². The summed E-state index contributed by atoms with van der Waals surface area (Å²) < 4.78 is 1.63. The fourth-order valence-corrected chi connectivity index (χ4v) is 5.66. The molecule has 7 nitrogen and oxygen atoms in total. The van der Waals surface area contributed by atoms with Crippen LogP contribution in [-0.2, 0) is 11.3 Å². The maximum Gasteiger partial charge on any atom is 0.258 e. The lowest BCUT2D eigenvalue weighted by molar-refractivity contribution is -0.123. The van der Waals surface area contributed by atoms with Crippen LogP contribution in [-0.4, -0.2) is 46.5 Å². The maximum absolute atomic E-state index is 13.8. The highest BCUT2D eigenvalue weighted by molar-refractivity contribution is 6.07. The first-order valence-electron chi connectivity index (χ1n) is 13.8. The van der Waals surface area contributed by atoms with Gasteiger partial charge in [0, 0.05) is 42.1 Å². The van der Waals surface area contributed by atoms with Gasteiger partial charge in [-0.25, -0.2) is 0 Å². The highest BCUT2D eigenvalue weighted by Crippen LogP contribution is 2.34. The number of amides is 2. The molecule has 6 rings (SSSR count). The first-order valence-corrected chi connectivity index (χ1v) is 13.8. The molecule has 7 heteroatoms.